The molecule has 3 aromatic carbocycles. The number of piperidine rings is 2. The van der Waals surface area contributed by atoms with E-state index < -0.39 is 35.5 Å². The highest BCUT2D eigenvalue weighted by Gasteiger charge is 2.46. The number of benzene rings is 3. The predicted molar refractivity (Wildman–Crippen MR) is 219 cm³/mol. The fourth-order valence-electron chi connectivity index (χ4n) is 10.3. The molecule has 5 fully saturated rings. The zero-order valence-corrected chi connectivity index (χ0v) is 33.7. The summed E-state index contributed by atoms with van der Waals surface area (Å²) in [4.78, 5) is 76.0. The molecule has 3 atom stereocenters. The van der Waals surface area contributed by atoms with Gasteiger partial charge in [-0.3, -0.25) is 39.1 Å². The number of hydrogen-bond acceptors (Lipinski definition) is 10. The van der Waals surface area contributed by atoms with Gasteiger partial charge < -0.3 is 19.6 Å². The number of imide groups is 2. The van der Waals surface area contributed by atoms with Crippen LogP contribution < -0.4 is 20.0 Å². The van der Waals surface area contributed by atoms with Crippen molar-refractivity contribution < 1.29 is 28.4 Å². The number of nitriles is 1. The van der Waals surface area contributed by atoms with Gasteiger partial charge in [0.05, 0.1) is 27.4 Å². The average Bonchev–Trinajstić information content (AvgIpc) is 3.92. The van der Waals surface area contributed by atoms with E-state index in [4.69, 9.17) is 11.6 Å². The van der Waals surface area contributed by atoms with Crippen molar-refractivity contribution in [1.82, 2.24) is 20.0 Å². The maximum Gasteiger partial charge on any atom is 0.262 e. The molecule has 59 heavy (non-hydrogen) atoms. The molecule has 0 aliphatic carbocycles. The van der Waals surface area contributed by atoms with Gasteiger partial charge in [-0.15, -0.1) is 0 Å². The Hall–Kier alpha value is -5.52. The molecule has 1 N–H and O–H groups in total. The number of rotatable bonds is 6. The second-order valence-electron chi connectivity index (χ2n) is 17.0. The highest BCUT2D eigenvalue weighted by molar-refractivity contribution is 6.32. The summed E-state index contributed by atoms with van der Waals surface area (Å²) in [6, 6.07) is 17.8. The highest BCUT2D eigenvalue weighted by Crippen LogP contribution is 2.46. The molecular weight excluding hydrogens is 775 g/mol. The number of amides is 5. The topological polar surface area (TPSA) is 141 Å². The van der Waals surface area contributed by atoms with E-state index in [1.54, 1.807) is 6.07 Å². The van der Waals surface area contributed by atoms with Gasteiger partial charge >= 0.3 is 0 Å². The molecule has 0 aromatic heterocycles. The second kappa shape index (κ2) is 15.3. The number of piperazine rings is 1. The van der Waals surface area contributed by atoms with Crippen molar-refractivity contribution in [3.05, 3.63) is 87.7 Å². The van der Waals surface area contributed by atoms with E-state index in [0.717, 1.165) is 67.7 Å². The number of halogens is 2. The van der Waals surface area contributed by atoms with E-state index in [1.165, 1.54) is 6.07 Å². The number of nitrogens with one attached hydrogen (secondary N) is 1. The SMILES string of the molecule is C[C@H]1CC2(CCN(c3ccc(C(=O)N4CCN(C5CCN(c6cc7c(cc6F)C(=O)N(C6CCC(=O)NC6=O)C7=O)C5)CC4)cc3)CC2)CN1c1ccc(C#N)c(Cl)c1. The van der Waals surface area contributed by atoms with E-state index in [0.29, 0.717) is 61.5 Å². The Morgan fingerprint density at radius 3 is 2.24 bits per heavy atom. The predicted octanol–water partition coefficient (Wildman–Crippen LogP) is 4.67. The van der Waals surface area contributed by atoms with Crippen LogP contribution in [0.15, 0.2) is 54.6 Å². The minimum absolute atomic E-state index is 0.00923. The smallest absolute Gasteiger partial charge is 0.262 e. The Kier molecular flexibility index (Phi) is 10.1. The Balaban J connectivity index is 0.763. The summed E-state index contributed by atoms with van der Waals surface area (Å²) in [7, 11) is 0. The first-order valence-corrected chi connectivity index (χ1v) is 20.9. The van der Waals surface area contributed by atoms with Crippen LogP contribution >= 0.6 is 11.6 Å². The summed E-state index contributed by atoms with van der Waals surface area (Å²) >= 11 is 6.37. The molecule has 5 saturated heterocycles. The summed E-state index contributed by atoms with van der Waals surface area (Å²) in [5.74, 6) is -3.16. The van der Waals surface area contributed by atoms with Crippen molar-refractivity contribution >= 4 is 58.2 Å². The van der Waals surface area contributed by atoms with E-state index in [1.807, 2.05) is 34.1 Å². The monoisotopic (exact) mass is 820 g/mol. The molecule has 6 aliphatic heterocycles. The molecule has 6 aliphatic rings. The normalized spacial score (nSPS) is 24.6. The van der Waals surface area contributed by atoms with Gasteiger partial charge in [-0.2, -0.15) is 5.26 Å². The van der Waals surface area contributed by atoms with Crippen LogP contribution in [0.3, 0.4) is 0 Å². The minimum atomic E-state index is -1.11. The van der Waals surface area contributed by atoms with Crippen molar-refractivity contribution in [2.45, 2.75) is 63.6 Å². The lowest BCUT2D eigenvalue weighted by atomic mass is 9.76. The first-order chi connectivity index (χ1) is 28.4. The summed E-state index contributed by atoms with van der Waals surface area (Å²) in [5.41, 5.74) is 3.80. The fourth-order valence-corrected chi connectivity index (χ4v) is 10.5. The lowest BCUT2D eigenvalue weighted by Crippen LogP contribution is -2.54. The molecule has 0 bridgehead atoms. The van der Waals surface area contributed by atoms with Gasteiger partial charge in [0, 0.05) is 94.3 Å². The summed E-state index contributed by atoms with van der Waals surface area (Å²) in [6.45, 7) is 8.76. The third-order valence-electron chi connectivity index (χ3n) is 13.6. The van der Waals surface area contributed by atoms with Gasteiger partial charge in [0.25, 0.3) is 17.7 Å². The lowest BCUT2D eigenvalue weighted by Gasteiger charge is -2.40. The van der Waals surface area contributed by atoms with Crippen LogP contribution in [0.2, 0.25) is 5.02 Å². The largest absolute Gasteiger partial charge is 0.371 e. The molecule has 1 spiro atoms. The Bertz CT molecular complexity index is 2280. The zero-order valence-electron chi connectivity index (χ0n) is 33.0. The third-order valence-corrected chi connectivity index (χ3v) is 13.9. The third kappa shape index (κ3) is 7.08. The van der Waals surface area contributed by atoms with Crippen LogP contribution in [0, 0.1) is 22.6 Å². The van der Waals surface area contributed by atoms with Crippen molar-refractivity contribution in [3.63, 3.8) is 0 Å². The molecule has 0 saturated carbocycles. The van der Waals surface area contributed by atoms with Crippen LogP contribution in [0.25, 0.3) is 0 Å². The van der Waals surface area contributed by atoms with Crippen molar-refractivity contribution in [2.24, 2.45) is 5.41 Å². The molecule has 13 nitrogen and oxygen atoms in total. The van der Waals surface area contributed by atoms with Crippen LogP contribution in [0.1, 0.15) is 82.1 Å². The quantitative estimate of drug-likeness (QED) is 0.349. The maximum absolute atomic E-state index is 15.5. The van der Waals surface area contributed by atoms with Gasteiger partial charge in [0.2, 0.25) is 11.8 Å². The number of hydrogen-bond donors (Lipinski definition) is 1. The molecule has 5 amide bonds. The number of fused-ring (bicyclic) bond motifs is 1. The Labute approximate surface area is 347 Å². The summed E-state index contributed by atoms with van der Waals surface area (Å²) in [6.07, 6.45) is 4.10. The van der Waals surface area contributed by atoms with Crippen LogP contribution in [-0.2, 0) is 9.59 Å². The van der Waals surface area contributed by atoms with Crippen LogP contribution in [-0.4, -0.2) is 121 Å². The van der Waals surface area contributed by atoms with Crippen molar-refractivity contribution in [1.29, 1.82) is 5.26 Å². The Morgan fingerprint density at radius 2 is 1.56 bits per heavy atom. The molecule has 2 unspecified atom stereocenters. The summed E-state index contributed by atoms with van der Waals surface area (Å²) < 4.78 is 15.5. The lowest BCUT2D eigenvalue weighted by molar-refractivity contribution is -0.136. The van der Waals surface area contributed by atoms with Gasteiger partial charge in [-0.05, 0) is 99.0 Å². The van der Waals surface area contributed by atoms with Gasteiger partial charge in [0.1, 0.15) is 17.9 Å². The second-order valence-corrected chi connectivity index (χ2v) is 17.4. The number of carbonyl (C=O) groups excluding carboxylic acids is 5. The number of carbonyl (C=O) groups is 5. The molecular formula is C44H46ClFN8O5. The standard InChI is InChI=1S/C44H46ClFN8O5/c1-27-23-44(26-53(27)31-7-4-29(24-47)35(45)20-31)11-14-49(15-12-44)30-5-2-28(3-6-30)41(57)51-18-16-50(17-19-51)32-10-13-52(25-32)38-22-34-33(21-36(38)46)42(58)54(43(34)59)37-8-9-39(55)48-40(37)56/h2-7,20-22,27,32,37H,8-19,23,25-26H2,1H3,(H,48,55,56)/t27-,32?,37?/m0/s1. The van der Waals surface area contributed by atoms with Gasteiger partial charge in [-0.1, -0.05) is 11.6 Å². The number of anilines is 3. The average molecular weight is 821 g/mol. The van der Waals surface area contributed by atoms with Crippen molar-refractivity contribution in [2.75, 3.05) is 73.6 Å². The summed E-state index contributed by atoms with van der Waals surface area (Å²) in [5, 5.41) is 12.0. The molecule has 3 aromatic rings. The minimum Gasteiger partial charge on any atom is -0.371 e. The van der Waals surface area contributed by atoms with Crippen LogP contribution in [0.4, 0.5) is 21.5 Å². The number of nitrogens with zero attached hydrogens (tertiary/aromatic N) is 7. The maximum atomic E-state index is 15.5. The molecule has 6 heterocycles. The zero-order chi connectivity index (χ0) is 41.2. The van der Waals surface area contributed by atoms with Gasteiger partial charge in [-0.25, -0.2) is 4.39 Å². The molecule has 306 valence electrons. The molecule has 9 rings (SSSR count). The fraction of sp³-hybridized carbons (Fsp3) is 0.455. The molecule has 15 heteroatoms. The van der Waals surface area contributed by atoms with E-state index >= 15 is 4.39 Å². The van der Waals surface area contributed by atoms with E-state index in [-0.39, 0.29) is 47.0 Å². The van der Waals surface area contributed by atoms with E-state index in [9.17, 15) is 29.2 Å². The first kappa shape index (κ1) is 39.0. The van der Waals surface area contributed by atoms with E-state index in [2.05, 4.69) is 45.1 Å². The first-order valence-electron chi connectivity index (χ1n) is 20.6. The van der Waals surface area contributed by atoms with Crippen LogP contribution in [0.5, 0.6) is 0 Å². The van der Waals surface area contributed by atoms with Crippen molar-refractivity contribution in [3.8, 4) is 6.07 Å². The van der Waals surface area contributed by atoms with Gasteiger partial charge in [0.15, 0.2) is 0 Å². The highest BCUT2D eigenvalue weighted by atomic mass is 35.5. The Morgan fingerprint density at radius 1 is 0.864 bits per heavy atom. The molecule has 0 radical (unpaired) electrons.